The fraction of sp³-hybridized carbons (Fsp3) is 0.250. The molecule has 0 aliphatic carbocycles. The summed E-state index contributed by atoms with van der Waals surface area (Å²) >= 11 is 0. The van der Waals surface area contributed by atoms with Gasteiger partial charge in [0.05, 0.1) is 19.8 Å². The van der Waals surface area contributed by atoms with Gasteiger partial charge in [-0.3, -0.25) is 0 Å². The molecule has 3 rings (SSSR count). The fourth-order valence-electron chi connectivity index (χ4n) is 3.07. The number of ether oxygens (including phenoxy) is 2. The van der Waals surface area contributed by atoms with Crippen LogP contribution in [0.3, 0.4) is 0 Å². The molecule has 2 nitrogen and oxygen atoms in total. The molecule has 134 valence electrons. The highest BCUT2D eigenvalue weighted by molar-refractivity contribution is 5.28. The van der Waals surface area contributed by atoms with Gasteiger partial charge in [-0.25, -0.2) is 0 Å². The van der Waals surface area contributed by atoms with Gasteiger partial charge in [0.2, 0.25) is 0 Å². The van der Waals surface area contributed by atoms with Crippen LogP contribution in [0, 0.1) is 0 Å². The number of hydrogen-bond acceptors (Lipinski definition) is 2. The molecule has 3 aromatic rings. The summed E-state index contributed by atoms with van der Waals surface area (Å²) in [5.41, 5.74) is 3.79. The van der Waals surface area contributed by atoms with Gasteiger partial charge in [0.25, 0.3) is 0 Å². The predicted octanol–water partition coefficient (Wildman–Crippen LogP) is 5.98. The van der Waals surface area contributed by atoms with E-state index in [0.717, 1.165) is 25.0 Å². The van der Waals surface area contributed by atoms with Gasteiger partial charge in [0.15, 0.2) is 0 Å². The van der Waals surface area contributed by atoms with E-state index in [1.807, 2.05) is 18.2 Å². The van der Waals surface area contributed by atoms with Gasteiger partial charge in [0.1, 0.15) is 5.75 Å². The molecule has 1 unspecified atom stereocenters. The molecule has 0 saturated carbocycles. The van der Waals surface area contributed by atoms with Crippen LogP contribution < -0.4 is 4.74 Å². The van der Waals surface area contributed by atoms with E-state index in [1.165, 1.54) is 16.7 Å². The second-order valence-electron chi connectivity index (χ2n) is 6.44. The summed E-state index contributed by atoms with van der Waals surface area (Å²) in [6.07, 6.45) is 3.25. The van der Waals surface area contributed by atoms with Crippen molar-refractivity contribution in [3.8, 4) is 5.75 Å². The summed E-state index contributed by atoms with van der Waals surface area (Å²) in [6, 6.07) is 29.2. The zero-order valence-electron chi connectivity index (χ0n) is 15.3. The van der Waals surface area contributed by atoms with Crippen molar-refractivity contribution in [3.05, 3.63) is 102 Å². The minimum Gasteiger partial charge on any atom is -0.497 e. The van der Waals surface area contributed by atoms with Crippen LogP contribution in [0.1, 0.15) is 35.6 Å². The highest BCUT2D eigenvalue weighted by Crippen LogP contribution is 2.27. The normalized spacial score (nSPS) is 11.9. The van der Waals surface area contributed by atoms with E-state index in [-0.39, 0.29) is 6.10 Å². The van der Waals surface area contributed by atoms with Crippen LogP contribution in [0.5, 0.6) is 5.75 Å². The zero-order chi connectivity index (χ0) is 18.0. The van der Waals surface area contributed by atoms with Gasteiger partial charge in [-0.1, -0.05) is 72.8 Å². The average Bonchev–Trinajstić information content (AvgIpc) is 2.72. The van der Waals surface area contributed by atoms with E-state index in [1.54, 1.807) is 7.11 Å². The van der Waals surface area contributed by atoms with Crippen LogP contribution in [0.2, 0.25) is 0 Å². The Balaban J connectivity index is 1.63. The van der Waals surface area contributed by atoms with Crippen molar-refractivity contribution in [2.24, 2.45) is 0 Å². The topological polar surface area (TPSA) is 18.5 Å². The van der Waals surface area contributed by atoms with Crippen LogP contribution >= 0.6 is 0 Å². The van der Waals surface area contributed by atoms with Crippen molar-refractivity contribution in [1.82, 2.24) is 0 Å². The molecule has 1 atom stereocenters. The first kappa shape index (κ1) is 18.2. The van der Waals surface area contributed by atoms with Gasteiger partial charge in [-0.15, -0.1) is 0 Å². The standard InChI is InChI=1S/C24H26O2/c1-25-23-17-15-22(16-18-23)24(26-19-21-11-6-3-7-12-21)14-8-13-20-9-4-2-5-10-20/h2-7,9-12,15-18,24H,8,13-14,19H2,1H3. The number of aryl methyl sites for hydroxylation is 1. The molecule has 3 aromatic carbocycles. The average molecular weight is 346 g/mol. The van der Waals surface area contributed by atoms with Crippen LogP contribution in [-0.2, 0) is 17.8 Å². The molecule has 26 heavy (non-hydrogen) atoms. The fourth-order valence-corrected chi connectivity index (χ4v) is 3.07. The van der Waals surface area contributed by atoms with Gasteiger partial charge < -0.3 is 9.47 Å². The maximum atomic E-state index is 6.28. The van der Waals surface area contributed by atoms with Crippen molar-refractivity contribution < 1.29 is 9.47 Å². The Bertz CT molecular complexity index is 751. The second-order valence-corrected chi connectivity index (χ2v) is 6.44. The Morgan fingerprint density at radius 2 is 1.35 bits per heavy atom. The second kappa shape index (κ2) is 9.79. The van der Waals surface area contributed by atoms with E-state index in [4.69, 9.17) is 9.47 Å². The van der Waals surface area contributed by atoms with E-state index in [2.05, 4.69) is 66.7 Å². The number of methoxy groups -OCH3 is 1. The molecule has 0 fully saturated rings. The highest BCUT2D eigenvalue weighted by atomic mass is 16.5. The van der Waals surface area contributed by atoms with E-state index in [9.17, 15) is 0 Å². The van der Waals surface area contributed by atoms with E-state index >= 15 is 0 Å². The molecule has 0 aromatic heterocycles. The molecule has 0 radical (unpaired) electrons. The first-order chi connectivity index (χ1) is 12.8. The lowest BCUT2D eigenvalue weighted by Crippen LogP contribution is -2.06. The Morgan fingerprint density at radius 1 is 0.731 bits per heavy atom. The summed E-state index contributed by atoms with van der Waals surface area (Å²) in [5.74, 6) is 0.875. The first-order valence-corrected chi connectivity index (χ1v) is 9.18. The number of hydrogen-bond donors (Lipinski definition) is 0. The molecule has 0 N–H and O–H groups in total. The minimum absolute atomic E-state index is 0.0878. The number of benzene rings is 3. The third-order valence-electron chi connectivity index (χ3n) is 4.56. The van der Waals surface area contributed by atoms with Crippen molar-refractivity contribution in [1.29, 1.82) is 0 Å². The lowest BCUT2D eigenvalue weighted by Gasteiger charge is -2.19. The lowest BCUT2D eigenvalue weighted by molar-refractivity contribution is 0.0326. The molecule has 2 heteroatoms. The Kier molecular flexibility index (Phi) is 6.86. The van der Waals surface area contributed by atoms with Crippen LogP contribution in [0.15, 0.2) is 84.9 Å². The highest BCUT2D eigenvalue weighted by Gasteiger charge is 2.13. The molecular formula is C24H26O2. The summed E-state index contributed by atoms with van der Waals surface area (Å²) in [6.45, 7) is 0.628. The van der Waals surface area contributed by atoms with E-state index < -0.39 is 0 Å². The zero-order valence-corrected chi connectivity index (χ0v) is 15.3. The first-order valence-electron chi connectivity index (χ1n) is 9.18. The molecule has 0 heterocycles. The van der Waals surface area contributed by atoms with Gasteiger partial charge in [-0.05, 0) is 48.1 Å². The Labute approximate surface area is 156 Å². The quantitative estimate of drug-likeness (QED) is 0.475. The number of rotatable bonds is 9. The summed E-state index contributed by atoms with van der Waals surface area (Å²) in [7, 11) is 1.69. The molecule has 0 amide bonds. The monoisotopic (exact) mass is 346 g/mol. The molecular weight excluding hydrogens is 320 g/mol. The molecule has 0 spiro atoms. The van der Waals surface area contributed by atoms with Crippen molar-refractivity contribution in [2.75, 3.05) is 7.11 Å². The van der Waals surface area contributed by atoms with Gasteiger partial charge >= 0.3 is 0 Å². The molecule has 0 aliphatic heterocycles. The summed E-state index contributed by atoms with van der Waals surface area (Å²) in [5, 5.41) is 0. The Morgan fingerprint density at radius 3 is 1.96 bits per heavy atom. The summed E-state index contributed by atoms with van der Waals surface area (Å²) in [4.78, 5) is 0. The third-order valence-corrected chi connectivity index (χ3v) is 4.56. The maximum absolute atomic E-state index is 6.28. The predicted molar refractivity (Wildman–Crippen MR) is 106 cm³/mol. The maximum Gasteiger partial charge on any atom is 0.118 e. The molecule has 0 bridgehead atoms. The van der Waals surface area contributed by atoms with E-state index in [0.29, 0.717) is 6.61 Å². The van der Waals surface area contributed by atoms with Gasteiger partial charge in [-0.2, -0.15) is 0 Å². The Hall–Kier alpha value is -2.58. The molecule has 0 saturated heterocycles. The smallest absolute Gasteiger partial charge is 0.118 e. The SMILES string of the molecule is COc1ccc(C(CCCc2ccccc2)OCc2ccccc2)cc1. The van der Waals surface area contributed by atoms with Crippen LogP contribution in [-0.4, -0.2) is 7.11 Å². The van der Waals surface area contributed by atoms with Crippen molar-refractivity contribution in [3.63, 3.8) is 0 Å². The third kappa shape index (κ3) is 5.47. The minimum atomic E-state index is 0.0878. The van der Waals surface area contributed by atoms with Crippen molar-refractivity contribution in [2.45, 2.75) is 32.0 Å². The van der Waals surface area contributed by atoms with Crippen LogP contribution in [0.4, 0.5) is 0 Å². The molecule has 0 aliphatic rings. The van der Waals surface area contributed by atoms with Crippen molar-refractivity contribution >= 4 is 0 Å². The lowest BCUT2D eigenvalue weighted by atomic mass is 10.0. The summed E-state index contributed by atoms with van der Waals surface area (Å²) < 4.78 is 11.6. The largest absolute Gasteiger partial charge is 0.497 e. The van der Waals surface area contributed by atoms with Crippen LogP contribution in [0.25, 0.3) is 0 Å². The van der Waals surface area contributed by atoms with Gasteiger partial charge in [0, 0.05) is 0 Å².